The molecule has 3 fully saturated rings. The molecule has 0 amide bonds. The molecule has 3 nitrogen and oxygen atoms in total. The predicted molar refractivity (Wildman–Crippen MR) is 48.4 cm³/mol. The molecular formula is C10H14N2O. The van der Waals surface area contributed by atoms with E-state index in [1.54, 1.807) is 6.20 Å². The summed E-state index contributed by atoms with van der Waals surface area (Å²) >= 11 is 0. The van der Waals surface area contributed by atoms with Crippen molar-refractivity contribution in [3.8, 4) is 5.88 Å². The monoisotopic (exact) mass is 178 g/mol. The first-order valence-corrected chi connectivity index (χ1v) is 4.93. The number of aromatic nitrogens is 2. The van der Waals surface area contributed by atoms with Crippen LogP contribution in [-0.4, -0.2) is 16.8 Å². The summed E-state index contributed by atoms with van der Waals surface area (Å²) in [6, 6.07) is 1.87. The minimum Gasteiger partial charge on any atom is -0.476 e. The normalized spacial score (nSPS) is 40.7. The van der Waals surface area contributed by atoms with Crippen molar-refractivity contribution in [1.29, 1.82) is 0 Å². The Kier molecular flexibility index (Phi) is 1.30. The molecule has 3 saturated carbocycles. The number of H-pyrrole nitrogens is 1. The lowest BCUT2D eigenvalue weighted by molar-refractivity contribution is -0.198. The number of nitrogens with one attached hydrogen (secondary N) is 1. The third-order valence-electron chi connectivity index (χ3n) is 3.99. The summed E-state index contributed by atoms with van der Waals surface area (Å²) in [5.41, 5.74) is 0.517. The Bertz CT molecular complexity index is 301. The van der Waals surface area contributed by atoms with Gasteiger partial charge < -0.3 is 4.74 Å². The molecule has 3 aliphatic carbocycles. The van der Waals surface area contributed by atoms with Crippen LogP contribution in [0.4, 0.5) is 0 Å². The van der Waals surface area contributed by atoms with Crippen LogP contribution in [0.2, 0.25) is 0 Å². The number of hydrogen-bond acceptors (Lipinski definition) is 2. The Morgan fingerprint density at radius 2 is 2.54 bits per heavy atom. The highest BCUT2D eigenvalue weighted by atomic mass is 16.5. The summed E-state index contributed by atoms with van der Waals surface area (Å²) in [5.74, 6) is 2.62. The summed E-state index contributed by atoms with van der Waals surface area (Å²) in [6.45, 7) is 3.20. The van der Waals surface area contributed by atoms with Gasteiger partial charge in [-0.2, -0.15) is 0 Å². The number of aromatic amines is 1. The van der Waals surface area contributed by atoms with E-state index in [-0.39, 0.29) is 0 Å². The fraction of sp³-hybridized carbons (Fsp3) is 0.700. The van der Waals surface area contributed by atoms with Crippen LogP contribution in [0.5, 0.6) is 5.88 Å². The summed E-state index contributed by atoms with van der Waals surface area (Å²) in [5, 5.41) is 6.72. The molecule has 1 heterocycles. The van der Waals surface area contributed by atoms with E-state index in [2.05, 4.69) is 17.1 Å². The lowest BCUT2D eigenvalue weighted by Crippen LogP contribution is -2.62. The average molecular weight is 178 g/mol. The van der Waals surface area contributed by atoms with Gasteiger partial charge in [-0.25, -0.2) is 0 Å². The van der Waals surface area contributed by atoms with Gasteiger partial charge >= 0.3 is 0 Å². The Hall–Kier alpha value is -0.990. The molecule has 2 bridgehead atoms. The molecule has 1 aromatic heterocycles. The van der Waals surface area contributed by atoms with Gasteiger partial charge in [-0.05, 0) is 24.7 Å². The number of hydrogen-bond donors (Lipinski definition) is 1. The van der Waals surface area contributed by atoms with E-state index in [9.17, 15) is 0 Å². The molecule has 1 N–H and O–H groups in total. The molecule has 0 aromatic carbocycles. The lowest BCUT2D eigenvalue weighted by Gasteiger charge is -2.67. The smallest absolute Gasteiger partial charge is 0.232 e. The summed E-state index contributed by atoms with van der Waals surface area (Å²) in [4.78, 5) is 0. The van der Waals surface area contributed by atoms with E-state index < -0.39 is 0 Å². The van der Waals surface area contributed by atoms with Crippen molar-refractivity contribution in [2.45, 2.75) is 19.8 Å². The van der Waals surface area contributed by atoms with Gasteiger partial charge in [0.25, 0.3) is 0 Å². The van der Waals surface area contributed by atoms with Gasteiger partial charge in [0.05, 0.1) is 6.61 Å². The first-order chi connectivity index (χ1) is 6.30. The number of nitrogens with zero attached hydrogens (tertiary/aromatic N) is 1. The summed E-state index contributed by atoms with van der Waals surface area (Å²) in [6.07, 6.45) is 4.54. The highest BCUT2D eigenvalue weighted by Gasteiger charge is 2.63. The maximum Gasteiger partial charge on any atom is 0.232 e. The fourth-order valence-electron chi connectivity index (χ4n) is 2.68. The average Bonchev–Trinajstić information content (AvgIpc) is 2.54. The van der Waals surface area contributed by atoms with Crippen LogP contribution in [0.25, 0.3) is 0 Å². The molecule has 0 aliphatic heterocycles. The van der Waals surface area contributed by atoms with Crippen molar-refractivity contribution < 1.29 is 4.74 Å². The zero-order valence-electron chi connectivity index (χ0n) is 7.79. The van der Waals surface area contributed by atoms with Gasteiger partial charge in [0.1, 0.15) is 0 Å². The Balaban J connectivity index is 1.59. The van der Waals surface area contributed by atoms with Gasteiger partial charge in [0, 0.05) is 17.7 Å². The van der Waals surface area contributed by atoms with E-state index in [4.69, 9.17) is 4.74 Å². The van der Waals surface area contributed by atoms with Crippen LogP contribution in [0, 0.1) is 17.3 Å². The Morgan fingerprint density at radius 3 is 3.00 bits per heavy atom. The first-order valence-electron chi connectivity index (χ1n) is 4.93. The Labute approximate surface area is 77.5 Å². The van der Waals surface area contributed by atoms with Crippen molar-refractivity contribution in [2.75, 3.05) is 6.61 Å². The molecule has 3 aliphatic rings. The van der Waals surface area contributed by atoms with Crippen molar-refractivity contribution in [3.05, 3.63) is 12.3 Å². The van der Waals surface area contributed by atoms with Gasteiger partial charge in [-0.1, -0.05) is 6.92 Å². The molecule has 0 spiro atoms. The van der Waals surface area contributed by atoms with Crippen LogP contribution in [0.3, 0.4) is 0 Å². The van der Waals surface area contributed by atoms with Crippen LogP contribution in [-0.2, 0) is 0 Å². The number of ether oxygens (including phenoxy) is 1. The van der Waals surface area contributed by atoms with E-state index in [0.29, 0.717) is 5.41 Å². The maximum atomic E-state index is 5.62. The number of rotatable bonds is 3. The fourth-order valence-corrected chi connectivity index (χ4v) is 2.68. The molecule has 1 aromatic rings. The predicted octanol–water partition coefficient (Wildman–Crippen LogP) is 1.83. The molecule has 0 saturated heterocycles. The second-order valence-electron chi connectivity index (χ2n) is 4.52. The second-order valence-corrected chi connectivity index (χ2v) is 4.52. The summed E-state index contributed by atoms with van der Waals surface area (Å²) in [7, 11) is 0. The third-order valence-corrected chi connectivity index (χ3v) is 3.99. The van der Waals surface area contributed by atoms with E-state index in [1.807, 2.05) is 6.07 Å². The second kappa shape index (κ2) is 2.28. The SMILES string of the molecule is C[C@@H]1C2CC1(COc1cc[nH]n1)C2. The van der Waals surface area contributed by atoms with E-state index in [0.717, 1.165) is 24.3 Å². The highest BCUT2D eigenvalue weighted by molar-refractivity contribution is 5.13. The molecule has 3 heteroatoms. The third kappa shape index (κ3) is 0.872. The molecular weight excluding hydrogens is 164 g/mol. The molecule has 70 valence electrons. The molecule has 1 atom stereocenters. The minimum absolute atomic E-state index is 0.517. The zero-order chi connectivity index (χ0) is 8.89. The highest BCUT2D eigenvalue weighted by Crippen LogP contribution is 2.68. The van der Waals surface area contributed by atoms with E-state index >= 15 is 0 Å². The van der Waals surface area contributed by atoms with Gasteiger partial charge in [-0.15, -0.1) is 5.10 Å². The lowest BCUT2D eigenvalue weighted by atomic mass is 9.38. The summed E-state index contributed by atoms with van der Waals surface area (Å²) < 4.78 is 5.62. The van der Waals surface area contributed by atoms with Gasteiger partial charge in [0.2, 0.25) is 5.88 Å². The van der Waals surface area contributed by atoms with Crippen molar-refractivity contribution >= 4 is 0 Å². The molecule has 0 radical (unpaired) electrons. The molecule has 0 unspecified atom stereocenters. The topological polar surface area (TPSA) is 37.9 Å². The van der Waals surface area contributed by atoms with Crippen LogP contribution in [0.1, 0.15) is 19.8 Å². The maximum absolute atomic E-state index is 5.62. The van der Waals surface area contributed by atoms with Crippen LogP contribution < -0.4 is 4.74 Å². The van der Waals surface area contributed by atoms with Gasteiger partial charge in [0.15, 0.2) is 0 Å². The quantitative estimate of drug-likeness (QED) is 0.766. The molecule has 13 heavy (non-hydrogen) atoms. The van der Waals surface area contributed by atoms with Crippen molar-refractivity contribution in [2.24, 2.45) is 17.3 Å². The zero-order valence-corrected chi connectivity index (χ0v) is 7.79. The van der Waals surface area contributed by atoms with Gasteiger partial charge in [-0.3, -0.25) is 5.10 Å². The van der Waals surface area contributed by atoms with Crippen molar-refractivity contribution in [1.82, 2.24) is 10.2 Å². The minimum atomic E-state index is 0.517. The van der Waals surface area contributed by atoms with Crippen LogP contribution in [0.15, 0.2) is 12.3 Å². The van der Waals surface area contributed by atoms with E-state index in [1.165, 1.54) is 12.8 Å². The van der Waals surface area contributed by atoms with Crippen LogP contribution >= 0.6 is 0 Å². The standard InChI is InChI=1S/C10H14N2O/c1-7-8-4-10(7,5-8)6-13-9-2-3-11-12-9/h2-3,7-8H,4-6H2,1H3,(H,11,12)/t7-,8?,10?/m1/s1. The molecule has 4 rings (SSSR count). The Morgan fingerprint density at radius 1 is 1.69 bits per heavy atom. The first kappa shape index (κ1) is 7.42. The van der Waals surface area contributed by atoms with Crippen molar-refractivity contribution in [3.63, 3.8) is 0 Å². The largest absolute Gasteiger partial charge is 0.476 e.